The molecule has 0 fully saturated rings. The second-order valence-electron chi connectivity index (χ2n) is 2.89. The lowest BCUT2D eigenvalue weighted by molar-refractivity contribution is -0.136. The molecule has 1 rings (SSSR count). The van der Waals surface area contributed by atoms with Crippen LogP contribution in [0.2, 0.25) is 0 Å². The van der Waals surface area contributed by atoms with E-state index in [9.17, 15) is 4.79 Å². The highest BCUT2D eigenvalue weighted by molar-refractivity contribution is 5.67. The second kappa shape index (κ2) is 5.79. The molecule has 0 aliphatic heterocycles. The Morgan fingerprint density at radius 2 is 2.07 bits per heavy atom. The van der Waals surface area contributed by atoms with Gasteiger partial charge in [-0.05, 0) is 6.92 Å². The van der Waals surface area contributed by atoms with Gasteiger partial charge in [0.15, 0.2) is 0 Å². The van der Waals surface area contributed by atoms with E-state index in [-0.39, 0.29) is 6.42 Å². The third-order valence-corrected chi connectivity index (χ3v) is 1.67. The van der Waals surface area contributed by atoms with Crippen LogP contribution in [-0.2, 0) is 4.79 Å². The number of anilines is 2. The van der Waals surface area contributed by atoms with E-state index in [0.717, 1.165) is 12.4 Å². The Labute approximate surface area is 87.8 Å². The standard InChI is InChI=1S/C9H14N4O2/c1-2-10-7-5-8(13-6-12-7)11-4-3-9(14)15/h5-6H,2-4H2,1H3,(H,14,15)(H2,10,11,12,13). The van der Waals surface area contributed by atoms with Crippen LogP contribution in [0.3, 0.4) is 0 Å². The maximum absolute atomic E-state index is 10.3. The number of hydrogen-bond donors (Lipinski definition) is 3. The molecule has 0 amide bonds. The molecule has 0 spiro atoms. The summed E-state index contributed by atoms with van der Waals surface area (Å²) in [6.07, 6.45) is 1.50. The third kappa shape index (κ3) is 4.26. The summed E-state index contributed by atoms with van der Waals surface area (Å²) < 4.78 is 0. The van der Waals surface area contributed by atoms with Crippen LogP contribution in [0.1, 0.15) is 13.3 Å². The van der Waals surface area contributed by atoms with E-state index >= 15 is 0 Å². The van der Waals surface area contributed by atoms with Gasteiger partial charge in [0.2, 0.25) is 0 Å². The number of hydrogen-bond acceptors (Lipinski definition) is 5. The molecule has 6 heteroatoms. The van der Waals surface area contributed by atoms with Crippen LogP contribution in [0.15, 0.2) is 12.4 Å². The fraction of sp³-hybridized carbons (Fsp3) is 0.444. The van der Waals surface area contributed by atoms with Gasteiger partial charge in [0.05, 0.1) is 6.42 Å². The van der Waals surface area contributed by atoms with Crippen molar-refractivity contribution in [3.63, 3.8) is 0 Å². The first-order valence-electron chi connectivity index (χ1n) is 4.74. The number of carbonyl (C=O) groups is 1. The average molecular weight is 210 g/mol. The van der Waals surface area contributed by atoms with Crippen LogP contribution < -0.4 is 10.6 Å². The van der Waals surface area contributed by atoms with Crippen molar-refractivity contribution < 1.29 is 9.90 Å². The Bertz CT molecular complexity index is 330. The lowest BCUT2D eigenvalue weighted by Crippen LogP contribution is -2.09. The van der Waals surface area contributed by atoms with Crippen LogP contribution in [0.25, 0.3) is 0 Å². The minimum atomic E-state index is -0.830. The number of carboxylic acid groups (broad SMARTS) is 1. The summed E-state index contributed by atoms with van der Waals surface area (Å²) in [5, 5.41) is 14.4. The normalized spacial score (nSPS) is 9.67. The van der Waals surface area contributed by atoms with Crippen molar-refractivity contribution >= 4 is 17.6 Å². The first kappa shape index (κ1) is 11.2. The highest BCUT2D eigenvalue weighted by Crippen LogP contribution is 2.07. The number of aliphatic carboxylic acids is 1. The maximum Gasteiger partial charge on any atom is 0.305 e. The van der Waals surface area contributed by atoms with Crippen molar-refractivity contribution in [2.24, 2.45) is 0 Å². The summed E-state index contributed by atoms with van der Waals surface area (Å²) in [7, 11) is 0. The van der Waals surface area contributed by atoms with Gasteiger partial charge >= 0.3 is 5.97 Å². The molecule has 0 atom stereocenters. The molecule has 0 aliphatic carbocycles. The first-order chi connectivity index (χ1) is 7.22. The maximum atomic E-state index is 10.3. The lowest BCUT2D eigenvalue weighted by atomic mass is 10.4. The van der Waals surface area contributed by atoms with Crippen molar-refractivity contribution in [1.29, 1.82) is 0 Å². The number of aromatic nitrogens is 2. The van der Waals surface area contributed by atoms with E-state index in [4.69, 9.17) is 5.11 Å². The van der Waals surface area contributed by atoms with E-state index in [0.29, 0.717) is 12.4 Å². The summed E-state index contributed by atoms with van der Waals surface area (Å²) in [5.74, 6) is 0.524. The number of carboxylic acids is 1. The van der Waals surface area contributed by atoms with Gasteiger partial charge in [-0.2, -0.15) is 0 Å². The Morgan fingerprint density at radius 1 is 1.40 bits per heavy atom. The van der Waals surface area contributed by atoms with E-state index in [2.05, 4.69) is 20.6 Å². The van der Waals surface area contributed by atoms with Gasteiger partial charge in [-0.25, -0.2) is 9.97 Å². The molecule has 6 nitrogen and oxygen atoms in total. The Hall–Kier alpha value is -1.85. The van der Waals surface area contributed by atoms with Gasteiger partial charge in [-0.3, -0.25) is 4.79 Å². The molecule has 0 saturated heterocycles. The zero-order valence-corrected chi connectivity index (χ0v) is 8.53. The number of nitrogens with one attached hydrogen (secondary N) is 2. The number of nitrogens with zero attached hydrogens (tertiary/aromatic N) is 2. The van der Waals surface area contributed by atoms with Crippen molar-refractivity contribution in [3.8, 4) is 0 Å². The van der Waals surface area contributed by atoms with Gasteiger partial charge < -0.3 is 15.7 Å². The van der Waals surface area contributed by atoms with Crippen molar-refractivity contribution in [2.75, 3.05) is 23.7 Å². The summed E-state index contributed by atoms with van der Waals surface area (Å²) in [6, 6.07) is 1.74. The topological polar surface area (TPSA) is 87.1 Å². The highest BCUT2D eigenvalue weighted by Gasteiger charge is 1.99. The van der Waals surface area contributed by atoms with Crippen LogP contribution in [0.4, 0.5) is 11.6 Å². The predicted octanol–water partition coefficient (Wildman–Crippen LogP) is 0.795. The second-order valence-corrected chi connectivity index (χ2v) is 2.89. The quantitative estimate of drug-likeness (QED) is 0.643. The van der Waals surface area contributed by atoms with Gasteiger partial charge in [0.25, 0.3) is 0 Å². The van der Waals surface area contributed by atoms with E-state index in [1.54, 1.807) is 6.07 Å². The van der Waals surface area contributed by atoms with E-state index < -0.39 is 5.97 Å². The molecule has 0 aliphatic rings. The fourth-order valence-corrected chi connectivity index (χ4v) is 1.03. The smallest absolute Gasteiger partial charge is 0.305 e. The van der Waals surface area contributed by atoms with Crippen LogP contribution in [0.5, 0.6) is 0 Å². The summed E-state index contributed by atoms with van der Waals surface area (Å²) in [6.45, 7) is 3.11. The van der Waals surface area contributed by atoms with Gasteiger partial charge in [0.1, 0.15) is 18.0 Å². The van der Waals surface area contributed by atoms with Crippen molar-refractivity contribution in [1.82, 2.24) is 9.97 Å². The summed E-state index contributed by atoms with van der Waals surface area (Å²) >= 11 is 0. The molecule has 1 aromatic rings. The minimum Gasteiger partial charge on any atom is -0.481 e. The van der Waals surface area contributed by atoms with Gasteiger partial charge in [0, 0.05) is 19.2 Å². The molecule has 3 N–H and O–H groups in total. The number of rotatable bonds is 6. The zero-order valence-electron chi connectivity index (χ0n) is 8.53. The molecule has 0 radical (unpaired) electrons. The molecule has 1 heterocycles. The molecule has 82 valence electrons. The highest BCUT2D eigenvalue weighted by atomic mass is 16.4. The Balaban J connectivity index is 2.46. The third-order valence-electron chi connectivity index (χ3n) is 1.67. The zero-order chi connectivity index (χ0) is 11.1. The predicted molar refractivity (Wildman–Crippen MR) is 56.9 cm³/mol. The van der Waals surface area contributed by atoms with Crippen LogP contribution in [0, 0.1) is 0 Å². The van der Waals surface area contributed by atoms with Gasteiger partial charge in [-0.1, -0.05) is 0 Å². The molecular formula is C9H14N4O2. The largest absolute Gasteiger partial charge is 0.481 e. The molecule has 0 bridgehead atoms. The van der Waals surface area contributed by atoms with Crippen LogP contribution in [-0.4, -0.2) is 34.1 Å². The van der Waals surface area contributed by atoms with Crippen molar-refractivity contribution in [2.45, 2.75) is 13.3 Å². The van der Waals surface area contributed by atoms with Gasteiger partial charge in [-0.15, -0.1) is 0 Å². The summed E-state index contributed by atoms with van der Waals surface area (Å²) in [5.41, 5.74) is 0. The molecule has 15 heavy (non-hydrogen) atoms. The average Bonchev–Trinajstić information content (AvgIpc) is 2.18. The molecule has 1 aromatic heterocycles. The monoisotopic (exact) mass is 210 g/mol. The van der Waals surface area contributed by atoms with E-state index in [1.807, 2.05) is 6.92 Å². The minimum absolute atomic E-state index is 0.0700. The Kier molecular flexibility index (Phi) is 4.33. The summed E-state index contributed by atoms with van der Waals surface area (Å²) in [4.78, 5) is 18.2. The Morgan fingerprint density at radius 3 is 2.67 bits per heavy atom. The van der Waals surface area contributed by atoms with E-state index in [1.165, 1.54) is 6.33 Å². The molecule has 0 saturated carbocycles. The molecular weight excluding hydrogens is 196 g/mol. The van der Waals surface area contributed by atoms with Crippen molar-refractivity contribution in [3.05, 3.63) is 12.4 Å². The molecule has 0 unspecified atom stereocenters. The molecule has 0 aromatic carbocycles. The first-order valence-corrected chi connectivity index (χ1v) is 4.74. The fourth-order valence-electron chi connectivity index (χ4n) is 1.03. The lowest BCUT2D eigenvalue weighted by Gasteiger charge is -2.05. The van der Waals surface area contributed by atoms with Crippen LogP contribution >= 0.6 is 0 Å². The SMILES string of the molecule is CCNc1cc(NCCC(=O)O)ncn1.